The molecule has 1 saturated heterocycles. The molecule has 0 amide bonds. The lowest BCUT2D eigenvalue weighted by Gasteiger charge is -2.41. The van der Waals surface area contributed by atoms with Crippen molar-refractivity contribution in [3.05, 3.63) is 35.4 Å². The molecule has 2 nitrogen and oxygen atoms in total. The largest absolute Gasteiger partial charge is 0.385 e. The van der Waals surface area contributed by atoms with Crippen LogP contribution in [0.2, 0.25) is 0 Å². The normalized spacial score (nSPS) is 30.5. The van der Waals surface area contributed by atoms with E-state index in [4.69, 9.17) is 0 Å². The van der Waals surface area contributed by atoms with Crippen LogP contribution in [0.3, 0.4) is 0 Å². The van der Waals surface area contributed by atoms with Crippen molar-refractivity contribution >= 4 is 0 Å². The lowest BCUT2D eigenvalue weighted by Crippen LogP contribution is -2.46. The van der Waals surface area contributed by atoms with E-state index in [1.54, 1.807) is 0 Å². The fourth-order valence-electron chi connectivity index (χ4n) is 2.43. The van der Waals surface area contributed by atoms with Gasteiger partial charge in [0.05, 0.1) is 5.60 Å². The number of hydrogen-bond acceptors (Lipinski definition) is 2. The third kappa shape index (κ3) is 2.33. The summed E-state index contributed by atoms with van der Waals surface area (Å²) in [5.74, 6) is -1.05. The van der Waals surface area contributed by atoms with Gasteiger partial charge in [-0.2, -0.15) is 0 Å². The minimum absolute atomic E-state index is 0.0810. The summed E-state index contributed by atoms with van der Waals surface area (Å²) >= 11 is 0. The van der Waals surface area contributed by atoms with E-state index in [9.17, 15) is 13.9 Å². The maximum absolute atomic E-state index is 13.7. The zero-order chi connectivity index (χ0) is 12.6. The van der Waals surface area contributed by atoms with Gasteiger partial charge in [0.1, 0.15) is 11.6 Å². The molecule has 0 spiro atoms. The first-order valence-electron chi connectivity index (χ1n) is 5.80. The molecule has 1 heterocycles. The Balaban J connectivity index is 2.35. The van der Waals surface area contributed by atoms with Gasteiger partial charge in [-0.1, -0.05) is 0 Å². The molecule has 2 unspecified atom stereocenters. The molecular weight excluding hydrogens is 224 g/mol. The molecule has 0 aromatic heterocycles. The van der Waals surface area contributed by atoms with Gasteiger partial charge in [-0.15, -0.1) is 0 Å². The Labute approximate surface area is 99.9 Å². The van der Waals surface area contributed by atoms with Crippen LogP contribution in [0.15, 0.2) is 18.2 Å². The first kappa shape index (κ1) is 12.5. The molecule has 1 fully saturated rings. The summed E-state index contributed by atoms with van der Waals surface area (Å²) in [5.41, 5.74) is -1.17. The first-order valence-corrected chi connectivity index (χ1v) is 5.80. The van der Waals surface area contributed by atoms with Crippen LogP contribution in [0.5, 0.6) is 0 Å². The number of piperidine rings is 1. The van der Waals surface area contributed by atoms with E-state index in [-0.39, 0.29) is 11.6 Å². The molecule has 94 valence electrons. The Morgan fingerprint density at radius 3 is 2.76 bits per heavy atom. The van der Waals surface area contributed by atoms with Gasteiger partial charge in [-0.25, -0.2) is 8.78 Å². The number of likely N-dealkylation sites (tertiary alicyclic amines) is 1. The minimum atomic E-state index is -1.25. The summed E-state index contributed by atoms with van der Waals surface area (Å²) < 4.78 is 26.8. The van der Waals surface area contributed by atoms with Gasteiger partial charge < -0.3 is 10.0 Å². The second kappa shape index (κ2) is 4.35. The minimum Gasteiger partial charge on any atom is -0.385 e. The Kier molecular flexibility index (Phi) is 3.19. The summed E-state index contributed by atoms with van der Waals surface area (Å²) in [5, 5.41) is 10.5. The monoisotopic (exact) mass is 241 g/mol. The van der Waals surface area contributed by atoms with Crippen LogP contribution in [0, 0.1) is 11.6 Å². The van der Waals surface area contributed by atoms with Crippen LogP contribution in [0.1, 0.15) is 25.3 Å². The lowest BCUT2D eigenvalue weighted by atomic mass is 9.81. The van der Waals surface area contributed by atoms with Crippen molar-refractivity contribution < 1.29 is 13.9 Å². The van der Waals surface area contributed by atoms with Crippen LogP contribution in [0.4, 0.5) is 8.78 Å². The zero-order valence-electron chi connectivity index (χ0n) is 10.1. The highest BCUT2D eigenvalue weighted by Crippen LogP contribution is 2.36. The maximum atomic E-state index is 13.7. The fourth-order valence-corrected chi connectivity index (χ4v) is 2.43. The topological polar surface area (TPSA) is 23.5 Å². The molecule has 4 heteroatoms. The highest BCUT2D eigenvalue weighted by Gasteiger charge is 2.38. The van der Waals surface area contributed by atoms with Crippen molar-refractivity contribution in [1.82, 2.24) is 4.90 Å². The van der Waals surface area contributed by atoms with E-state index >= 15 is 0 Å². The van der Waals surface area contributed by atoms with Crippen LogP contribution in [-0.2, 0) is 5.60 Å². The number of nitrogens with zero attached hydrogens (tertiary/aromatic N) is 1. The van der Waals surface area contributed by atoms with E-state index in [0.717, 1.165) is 18.2 Å². The van der Waals surface area contributed by atoms with E-state index in [1.807, 2.05) is 14.0 Å². The Morgan fingerprint density at radius 1 is 1.41 bits per heavy atom. The molecule has 1 aliphatic heterocycles. The van der Waals surface area contributed by atoms with Gasteiger partial charge in [0, 0.05) is 18.2 Å². The van der Waals surface area contributed by atoms with Crippen molar-refractivity contribution in [2.24, 2.45) is 0 Å². The SMILES string of the molecule is CC1CC(O)(c2cc(F)ccc2F)CCN1C. The molecule has 0 aliphatic carbocycles. The summed E-state index contributed by atoms with van der Waals surface area (Å²) in [6, 6.07) is 3.40. The van der Waals surface area contributed by atoms with Gasteiger partial charge in [-0.05, 0) is 45.0 Å². The average Bonchev–Trinajstić information content (AvgIpc) is 2.27. The maximum Gasteiger partial charge on any atom is 0.129 e. The fraction of sp³-hybridized carbons (Fsp3) is 0.538. The molecule has 17 heavy (non-hydrogen) atoms. The van der Waals surface area contributed by atoms with Crippen molar-refractivity contribution in [3.8, 4) is 0 Å². The van der Waals surface area contributed by atoms with E-state index in [0.29, 0.717) is 19.4 Å². The highest BCUT2D eigenvalue weighted by molar-refractivity contribution is 5.26. The van der Waals surface area contributed by atoms with Crippen LogP contribution < -0.4 is 0 Å². The summed E-state index contributed by atoms with van der Waals surface area (Å²) in [4.78, 5) is 2.10. The van der Waals surface area contributed by atoms with E-state index in [1.165, 1.54) is 0 Å². The van der Waals surface area contributed by atoms with E-state index < -0.39 is 17.2 Å². The number of aliphatic hydroxyl groups is 1. The number of benzene rings is 1. The standard InChI is InChI=1S/C13H17F2NO/c1-9-8-13(17,5-6-16(9)2)11-7-10(14)3-4-12(11)15/h3-4,7,9,17H,5-6,8H2,1-2H3. The van der Waals surface area contributed by atoms with Gasteiger partial charge in [0.2, 0.25) is 0 Å². The molecular formula is C13H17F2NO. The molecule has 0 saturated carbocycles. The third-order valence-corrected chi connectivity index (χ3v) is 3.69. The number of rotatable bonds is 1. The second-order valence-corrected chi connectivity index (χ2v) is 4.94. The van der Waals surface area contributed by atoms with Crippen LogP contribution in [-0.4, -0.2) is 29.6 Å². The molecule has 1 aromatic carbocycles. The highest BCUT2D eigenvalue weighted by atomic mass is 19.1. The molecule has 2 atom stereocenters. The lowest BCUT2D eigenvalue weighted by molar-refractivity contribution is -0.0434. The van der Waals surface area contributed by atoms with Crippen molar-refractivity contribution in [2.75, 3.05) is 13.6 Å². The molecule has 1 N–H and O–H groups in total. The number of halogens is 2. The van der Waals surface area contributed by atoms with Crippen molar-refractivity contribution in [1.29, 1.82) is 0 Å². The summed E-state index contributed by atoms with van der Waals surface area (Å²) in [6.45, 7) is 2.65. The molecule has 0 bridgehead atoms. The predicted octanol–water partition coefficient (Wildman–Crippen LogP) is 2.27. The predicted molar refractivity (Wildman–Crippen MR) is 61.6 cm³/mol. The molecule has 1 aliphatic rings. The molecule has 1 aromatic rings. The van der Waals surface area contributed by atoms with Crippen molar-refractivity contribution in [2.45, 2.75) is 31.4 Å². The molecule has 2 rings (SSSR count). The Bertz CT molecular complexity index is 424. The smallest absolute Gasteiger partial charge is 0.129 e. The Hall–Kier alpha value is -1.00. The third-order valence-electron chi connectivity index (χ3n) is 3.69. The Morgan fingerprint density at radius 2 is 2.12 bits per heavy atom. The zero-order valence-corrected chi connectivity index (χ0v) is 10.1. The summed E-state index contributed by atoms with van der Waals surface area (Å²) in [6.07, 6.45) is 0.845. The van der Waals surface area contributed by atoms with Gasteiger partial charge >= 0.3 is 0 Å². The van der Waals surface area contributed by atoms with Gasteiger partial charge in [0.25, 0.3) is 0 Å². The molecule has 0 radical (unpaired) electrons. The van der Waals surface area contributed by atoms with E-state index in [2.05, 4.69) is 4.90 Å². The van der Waals surface area contributed by atoms with Crippen LogP contribution in [0.25, 0.3) is 0 Å². The first-order chi connectivity index (χ1) is 7.92. The quantitative estimate of drug-likeness (QED) is 0.815. The average molecular weight is 241 g/mol. The second-order valence-electron chi connectivity index (χ2n) is 4.94. The van der Waals surface area contributed by atoms with Gasteiger partial charge in [0.15, 0.2) is 0 Å². The van der Waals surface area contributed by atoms with Crippen molar-refractivity contribution in [3.63, 3.8) is 0 Å². The number of hydrogen-bond donors (Lipinski definition) is 1. The van der Waals surface area contributed by atoms with Crippen LogP contribution >= 0.6 is 0 Å². The summed E-state index contributed by atoms with van der Waals surface area (Å²) in [7, 11) is 1.96. The van der Waals surface area contributed by atoms with Gasteiger partial charge in [-0.3, -0.25) is 0 Å².